The van der Waals surface area contributed by atoms with E-state index >= 15 is 0 Å². The lowest BCUT2D eigenvalue weighted by atomic mass is 9.72. The lowest BCUT2D eigenvalue weighted by molar-refractivity contribution is -0.249. The first-order valence-electron chi connectivity index (χ1n) is 15.6. The Hall–Kier alpha value is -4.86. The second kappa shape index (κ2) is 12.9. The highest BCUT2D eigenvalue weighted by Crippen LogP contribution is 2.52. The number of aromatic hydroxyl groups is 2. The fourth-order valence-electron chi connectivity index (χ4n) is 6.94. The molecule has 6 rings (SSSR count). The summed E-state index contributed by atoms with van der Waals surface area (Å²) in [5, 5.41) is 58.1. The van der Waals surface area contributed by atoms with E-state index in [4.69, 9.17) is 19.9 Å². The van der Waals surface area contributed by atoms with Gasteiger partial charge in [0, 0.05) is 41.6 Å². The van der Waals surface area contributed by atoms with Crippen molar-refractivity contribution >= 4 is 28.9 Å². The maximum Gasteiger partial charge on any atom is 0.224 e. The van der Waals surface area contributed by atoms with Crippen LogP contribution >= 0.6 is 0 Å². The summed E-state index contributed by atoms with van der Waals surface area (Å²) < 4.78 is 17.4. The minimum absolute atomic E-state index is 0.00448. The van der Waals surface area contributed by atoms with E-state index in [0.29, 0.717) is 11.3 Å². The van der Waals surface area contributed by atoms with Crippen LogP contribution in [0.2, 0.25) is 0 Å². The smallest absolute Gasteiger partial charge is 0.224 e. The summed E-state index contributed by atoms with van der Waals surface area (Å²) in [5.74, 6) is -4.40. The number of phenolic OH excluding ortho intramolecular Hbond substituents is 2. The van der Waals surface area contributed by atoms with E-state index in [2.05, 4.69) is 5.32 Å². The first kappa shape index (κ1) is 34.0. The zero-order valence-corrected chi connectivity index (χ0v) is 26.6. The van der Waals surface area contributed by atoms with Crippen molar-refractivity contribution < 1.29 is 58.9 Å². The average molecular weight is 677 g/mol. The molecule has 8 N–H and O–H groups in total. The lowest BCUT2D eigenvalue weighted by Crippen LogP contribution is -2.56. The largest absolute Gasteiger partial charge is 0.507 e. The third-order valence-electron chi connectivity index (χ3n) is 9.45. The Balaban J connectivity index is 1.36. The van der Waals surface area contributed by atoms with Gasteiger partial charge in [-0.25, -0.2) is 0 Å². The number of aliphatic hydroxyl groups excluding tert-OH is 2. The van der Waals surface area contributed by atoms with Crippen molar-refractivity contribution in [3.05, 3.63) is 81.4 Å². The number of phenols is 2. The summed E-state index contributed by atoms with van der Waals surface area (Å²) in [6.45, 7) is 0.487. The predicted molar refractivity (Wildman–Crippen MR) is 170 cm³/mol. The molecular weight excluding hydrogens is 640 g/mol. The Morgan fingerprint density at radius 3 is 2.41 bits per heavy atom. The van der Waals surface area contributed by atoms with E-state index in [1.54, 1.807) is 31.2 Å². The molecule has 14 nitrogen and oxygen atoms in total. The van der Waals surface area contributed by atoms with Gasteiger partial charge in [0.25, 0.3) is 0 Å². The van der Waals surface area contributed by atoms with Gasteiger partial charge in [0.15, 0.2) is 17.9 Å². The molecule has 1 heterocycles. The normalized spacial score (nSPS) is 25.9. The van der Waals surface area contributed by atoms with Crippen molar-refractivity contribution in [2.75, 3.05) is 19.5 Å². The second-order valence-electron chi connectivity index (χ2n) is 12.6. The number of nitrogen functional groups attached to an aromatic ring is 1. The van der Waals surface area contributed by atoms with Crippen LogP contribution in [0, 0.1) is 0 Å². The van der Waals surface area contributed by atoms with Gasteiger partial charge < -0.3 is 50.8 Å². The second-order valence-corrected chi connectivity index (χ2v) is 12.6. The maximum absolute atomic E-state index is 13.9. The number of amides is 1. The van der Waals surface area contributed by atoms with Gasteiger partial charge in [0.05, 0.1) is 48.5 Å². The molecule has 258 valence electrons. The minimum Gasteiger partial charge on any atom is -0.507 e. The maximum atomic E-state index is 13.9. The van der Waals surface area contributed by atoms with Gasteiger partial charge in [-0.3, -0.25) is 19.2 Å². The molecule has 0 spiro atoms. The molecule has 3 aromatic rings. The number of rotatable bonds is 8. The third kappa shape index (κ3) is 5.91. The molecule has 2 aliphatic carbocycles. The van der Waals surface area contributed by atoms with E-state index in [0.717, 1.165) is 0 Å². The van der Waals surface area contributed by atoms with Crippen LogP contribution in [0.15, 0.2) is 42.5 Å². The number of nitrogens with one attached hydrogen (secondary N) is 1. The number of carbonyl (C=O) groups excluding carboxylic acids is 4. The van der Waals surface area contributed by atoms with Gasteiger partial charge in [0.2, 0.25) is 11.7 Å². The van der Waals surface area contributed by atoms with Gasteiger partial charge >= 0.3 is 0 Å². The molecule has 0 bridgehead atoms. The number of hydrogen-bond donors (Lipinski definition) is 7. The monoisotopic (exact) mass is 676 g/mol. The molecule has 0 saturated carbocycles. The lowest BCUT2D eigenvalue weighted by Gasteiger charge is -2.43. The number of nitrogens with two attached hydrogens (primary N) is 1. The molecule has 49 heavy (non-hydrogen) atoms. The summed E-state index contributed by atoms with van der Waals surface area (Å²) in [5.41, 5.74) is 3.00. The summed E-state index contributed by atoms with van der Waals surface area (Å²) in [7, 11) is 1.31. The zero-order valence-electron chi connectivity index (χ0n) is 26.6. The third-order valence-corrected chi connectivity index (χ3v) is 9.45. The fourth-order valence-corrected chi connectivity index (χ4v) is 6.94. The van der Waals surface area contributed by atoms with E-state index in [1.165, 1.54) is 25.3 Å². The van der Waals surface area contributed by atoms with Crippen molar-refractivity contribution in [3.63, 3.8) is 0 Å². The number of carbonyl (C=O) groups is 4. The van der Waals surface area contributed by atoms with Crippen LogP contribution in [0.1, 0.15) is 74.4 Å². The fraction of sp³-hybridized carbons (Fsp3) is 0.371. The highest BCUT2D eigenvalue weighted by atomic mass is 16.7. The molecule has 1 fully saturated rings. The first-order valence-corrected chi connectivity index (χ1v) is 15.6. The quantitative estimate of drug-likeness (QED) is 0.102. The molecule has 0 radical (unpaired) electrons. The van der Waals surface area contributed by atoms with Crippen molar-refractivity contribution in [2.45, 2.75) is 68.9 Å². The number of ether oxygens (including phenoxy) is 3. The van der Waals surface area contributed by atoms with Crippen LogP contribution in [0.3, 0.4) is 0 Å². The molecule has 1 saturated heterocycles. The number of anilines is 1. The van der Waals surface area contributed by atoms with Gasteiger partial charge in [0.1, 0.15) is 35.6 Å². The molecule has 6 atom stereocenters. The SMILES string of the molecule is COc1cccc2c1C(=O)c1c(O)c3c(c(O)c1C2=O)C[C@@](O)(C(=O)CO)C[C@@H]3O[C@H]1C[C@H](NC(=O)Cc2ccc(N)cc2)[C@H](O)[C@H](C)O1. The first-order chi connectivity index (χ1) is 23.3. The molecule has 1 aliphatic heterocycles. The van der Waals surface area contributed by atoms with E-state index < -0.39 is 102 Å². The van der Waals surface area contributed by atoms with Crippen molar-refractivity contribution in [1.29, 1.82) is 0 Å². The van der Waals surface area contributed by atoms with Crippen LogP contribution in [0.4, 0.5) is 5.69 Å². The zero-order chi connectivity index (χ0) is 35.4. The molecular formula is C35H36N2O12. The molecule has 0 unspecified atom stereocenters. The van der Waals surface area contributed by atoms with Crippen molar-refractivity contribution in [3.8, 4) is 17.2 Å². The Bertz CT molecular complexity index is 1860. The number of ketones is 3. The Labute approximate surface area is 280 Å². The van der Waals surface area contributed by atoms with Crippen LogP contribution in [-0.4, -0.2) is 92.6 Å². The average Bonchev–Trinajstić information content (AvgIpc) is 3.07. The number of benzene rings is 3. The summed E-state index contributed by atoms with van der Waals surface area (Å²) in [4.78, 5) is 53.3. The Kier molecular flexibility index (Phi) is 8.94. The van der Waals surface area contributed by atoms with E-state index in [9.17, 15) is 44.7 Å². The van der Waals surface area contributed by atoms with Crippen LogP contribution in [-0.2, 0) is 31.9 Å². The Morgan fingerprint density at radius 2 is 1.73 bits per heavy atom. The van der Waals surface area contributed by atoms with Gasteiger partial charge in [-0.2, -0.15) is 0 Å². The van der Waals surface area contributed by atoms with Crippen LogP contribution < -0.4 is 15.8 Å². The van der Waals surface area contributed by atoms with E-state index in [-0.39, 0.29) is 40.8 Å². The predicted octanol–water partition coefficient (Wildman–Crippen LogP) is 0.984. The highest BCUT2D eigenvalue weighted by molar-refractivity contribution is 6.31. The van der Waals surface area contributed by atoms with Gasteiger partial charge in [-0.15, -0.1) is 0 Å². The van der Waals surface area contributed by atoms with Gasteiger partial charge in [-0.1, -0.05) is 24.3 Å². The summed E-state index contributed by atoms with van der Waals surface area (Å²) in [6.07, 6.45) is -5.96. The standard InChI is InChI=1S/C35H36N2O12/c1-15-30(41)20(37-24(40)10-16-6-8-17(36)9-7-16)11-25(48-15)49-22-13-35(46,23(39)14-38)12-19-27(22)34(45)29-28(32(19)43)31(42)18-4-3-5-21(47-2)26(18)33(29)44/h3-9,15,20,22,25,30,38,41,43,45-46H,10-14,36H2,1-2H3,(H,37,40)/t15-,20-,22-,25-,30+,35-/m0/s1. The van der Waals surface area contributed by atoms with Gasteiger partial charge in [-0.05, 0) is 30.7 Å². The molecule has 3 aromatic carbocycles. The number of Topliss-reactive ketones (excluding diaryl/α,β-unsaturated/α-hetero) is 1. The number of aliphatic hydroxyl groups is 3. The topological polar surface area (TPSA) is 235 Å². The van der Waals surface area contributed by atoms with Crippen molar-refractivity contribution in [2.24, 2.45) is 0 Å². The minimum atomic E-state index is -2.32. The van der Waals surface area contributed by atoms with Crippen LogP contribution in [0.5, 0.6) is 17.2 Å². The summed E-state index contributed by atoms with van der Waals surface area (Å²) >= 11 is 0. The molecule has 3 aliphatic rings. The Morgan fingerprint density at radius 1 is 1.04 bits per heavy atom. The van der Waals surface area contributed by atoms with E-state index in [1.807, 2.05) is 0 Å². The number of hydrogen-bond acceptors (Lipinski definition) is 13. The molecule has 1 amide bonds. The number of fused-ring (bicyclic) bond motifs is 3. The molecule has 0 aromatic heterocycles. The summed E-state index contributed by atoms with van der Waals surface area (Å²) in [6, 6.07) is 10.2. The number of methoxy groups -OCH3 is 1. The molecule has 14 heteroatoms. The highest BCUT2D eigenvalue weighted by Gasteiger charge is 2.50. The van der Waals surface area contributed by atoms with Crippen molar-refractivity contribution in [1.82, 2.24) is 5.32 Å². The van der Waals surface area contributed by atoms with Crippen LogP contribution in [0.25, 0.3) is 0 Å².